The van der Waals surface area contributed by atoms with E-state index >= 15 is 0 Å². The number of hydrogen-bond acceptors (Lipinski definition) is 3. The van der Waals surface area contributed by atoms with Gasteiger partial charge in [-0.2, -0.15) is 0 Å². The average Bonchev–Trinajstić information content (AvgIpc) is 3.07. The Balaban J connectivity index is 1.29. The number of alkyl carbamates (subject to hydrolysis) is 1. The van der Waals surface area contributed by atoms with E-state index in [1.807, 2.05) is 24.3 Å². The predicted octanol–water partition coefficient (Wildman–Crippen LogP) is 4.69. The number of nitrogen functional groups attached to an aromatic ring is 1. The van der Waals surface area contributed by atoms with E-state index in [1.165, 1.54) is 40.5 Å². The van der Waals surface area contributed by atoms with Crippen LogP contribution < -0.4 is 11.1 Å². The van der Waals surface area contributed by atoms with E-state index in [0.717, 1.165) is 0 Å². The van der Waals surface area contributed by atoms with Gasteiger partial charge < -0.3 is 15.8 Å². The van der Waals surface area contributed by atoms with E-state index in [2.05, 4.69) is 41.4 Å². The highest BCUT2D eigenvalue weighted by atomic mass is 19.1. The molecule has 0 fully saturated rings. The molecule has 3 aromatic carbocycles. The molecule has 3 N–H and O–H groups in total. The van der Waals surface area contributed by atoms with Crippen molar-refractivity contribution in [2.24, 2.45) is 0 Å². The first-order valence-electron chi connectivity index (χ1n) is 9.76. The van der Waals surface area contributed by atoms with E-state index < -0.39 is 11.9 Å². The molecule has 0 heterocycles. The Labute approximate surface area is 174 Å². The summed E-state index contributed by atoms with van der Waals surface area (Å²) in [4.78, 5) is 12.1. The van der Waals surface area contributed by atoms with E-state index in [-0.39, 0.29) is 12.5 Å². The Bertz CT molecular complexity index is 1100. The summed E-state index contributed by atoms with van der Waals surface area (Å²) in [7, 11) is 0. The third-order valence-electron chi connectivity index (χ3n) is 5.10. The highest BCUT2D eigenvalue weighted by molar-refractivity contribution is 5.79. The molecule has 0 aromatic heterocycles. The summed E-state index contributed by atoms with van der Waals surface area (Å²) in [5.41, 5.74) is 11.3. The molecule has 4 nitrogen and oxygen atoms in total. The molecule has 1 aliphatic rings. The molecule has 0 bridgehead atoms. The van der Waals surface area contributed by atoms with Gasteiger partial charge in [-0.05, 0) is 40.5 Å². The van der Waals surface area contributed by atoms with Gasteiger partial charge in [-0.3, -0.25) is 0 Å². The number of amides is 1. The van der Waals surface area contributed by atoms with E-state index in [9.17, 15) is 9.18 Å². The van der Waals surface area contributed by atoms with Crippen molar-refractivity contribution in [1.82, 2.24) is 5.32 Å². The van der Waals surface area contributed by atoms with Crippen LogP contribution in [0.3, 0.4) is 0 Å². The summed E-state index contributed by atoms with van der Waals surface area (Å²) in [6, 6.07) is 20.5. The smallest absolute Gasteiger partial charge is 0.407 e. The minimum absolute atomic E-state index is 0.0318. The summed E-state index contributed by atoms with van der Waals surface area (Å²) in [6.07, 6.45) is -0.0407. The zero-order chi connectivity index (χ0) is 20.9. The van der Waals surface area contributed by atoms with E-state index in [1.54, 1.807) is 0 Å². The third-order valence-corrected chi connectivity index (χ3v) is 5.10. The van der Waals surface area contributed by atoms with Gasteiger partial charge in [-0.25, -0.2) is 9.18 Å². The molecule has 1 amide bonds. The van der Waals surface area contributed by atoms with Crippen LogP contribution in [-0.4, -0.2) is 19.2 Å². The van der Waals surface area contributed by atoms with Crippen molar-refractivity contribution in [3.63, 3.8) is 0 Å². The van der Waals surface area contributed by atoms with Gasteiger partial charge in [0.05, 0.1) is 5.69 Å². The topological polar surface area (TPSA) is 64.3 Å². The number of carbonyl (C=O) groups is 1. The number of anilines is 1. The van der Waals surface area contributed by atoms with Crippen LogP contribution in [0.4, 0.5) is 14.9 Å². The number of nitrogens with two attached hydrogens (primary N) is 1. The number of hydrogen-bond donors (Lipinski definition) is 2. The summed E-state index contributed by atoms with van der Waals surface area (Å²) in [5.74, 6) is 5.43. The van der Waals surface area contributed by atoms with E-state index in [4.69, 9.17) is 10.5 Å². The van der Waals surface area contributed by atoms with Crippen molar-refractivity contribution >= 4 is 11.8 Å². The maximum atomic E-state index is 13.0. The average molecular weight is 400 g/mol. The second-order valence-electron chi connectivity index (χ2n) is 7.04. The molecule has 0 spiro atoms. The molecule has 0 atom stereocenters. The van der Waals surface area contributed by atoms with Crippen molar-refractivity contribution in [3.8, 4) is 23.0 Å². The number of halogens is 1. The maximum absolute atomic E-state index is 13.0. The molecule has 0 saturated heterocycles. The van der Waals surface area contributed by atoms with Crippen LogP contribution in [0.1, 0.15) is 29.0 Å². The van der Waals surface area contributed by atoms with Crippen molar-refractivity contribution < 1.29 is 13.9 Å². The molecule has 4 rings (SSSR count). The van der Waals surface area contributed by atoms with Crippen molar-refractivity contribution in [1.29, 1.82) is 0 Å². The van der Waals surface area contributed by atoms with Crippen LogP contribution in [0.2, 0.25) is 0 Å². The quantitative estimate of drug-likeness (QED) is 0.379. The van der Waals surface area contributed by atoms with Crippen molar-refractivity contribution in [3.05, 3.63) is 89.2 Å². The second kappa shape index (κ2) is 8.71. The summed E-state index contributed by atoms with van der Waals surface area (Å²) < 4.78 is 18.5. The van der Waals surface area contributed by atoms with Crippen LogP contribution in [0.5, 0.6) is 0 Å². The molecule has 0 unspecified atom stereocenters. The zero-order valence-electron chi connectivity index (χ0n) is 16.3. The highest BCUT2D eigenvalue weighted by Crippen LogP contribution is 2.44. The first kappa shape index (κ1) is 19.5. The lowest BCUT2D eigenvalue weighted by Gasteiger charge is -2.14. The fourth-order valence-corrected chi connectivity index (χ4v) is 3.68. The first-order chi connectivity index (χ1) is 14.6. The second-order valence-corrected chi connectivity index (χ2v) is 7.04. The van der Waals surface area contributed by atoms with Gasteiger partial charge in [0, 0.05) is 24.4 Å². The minimum Gasteiger partial charge on any atom is -0.449 e. The number of ether oxygens (including phenoxy) is 1. The minimum atomic E-state index is -0.472. The Morgan fingerprint density at radius 3 is 2.37 bits per heavy atom. The number of rotatable bonds is 4. The summed E-state index contributed by atoms with van der Waals surface area (Å²) in [6.45, 7) is 0.627. The Morgan fingerprint density at radius 2 is 1.70 bits per heavy atom. The Kier molecular flexibility index (Phi) is 5.67. The zero-order valence-corrected chi connectivity index (χ0v) is 16.3. The molecule has 150 valence electrons. The predicted molar refractivity (Wildman–Crippen MR) is 115 cm³/mol. The van der Waals surface area contributed by atoms with Gasteiger partial charge in [-0.1, -0.05) is 60.4 Å². The van der Waals surface area contributed by atoms with Crippen LogP contribution >= 0.6 is 0 Å². The first-order valence-corrected chi connectivity index (χ1v) is 9.76. The van der Waals surface area contributed by atoms with Gasteiger partial charge >= 0.3 is 6.09 Å². The van der Waals surface area contributed by atoms with Crippen molar-refractivity contribution in [2.45, 2.75) is 12.3 Å². The molecular weight excluding hydrogens is 379 g/mol. The largest absolute Gasteiger partial charge is 0.449 e. The molecule has 0 aliphatic heterocycles. The monoisotopic (exact) mass is 400 g/mol. The summed E-state index contributed by atoms with van der Waals surface area (Å²) in [5, 5.41) is 2.71. The number of nitrogens with one attached hydrogen (secondary N) is 1. The summed E-state index contributed by atoms with van der Waals surface area (Å²) >= 11 is 0. The van der Waals surface area contributed by atoms with Crippen LogP contribution in [-0.2, 0) is 4.74 Å². The van der Waals surface area contributed by atoms with Crippen molar-refractivity contribution in [2.75, 3.05) is 18.9 Å². The number of carbonyl (C=O) groups excluding carboxylic acids is 1. The molecule has 1 aliphatic carbocycles. The lowest BCUT2D eigenvalue weighted by molar-refractivity contribution is 0.143. The van der Waals surface area contributed by atoms with Crippen LogP contribution in [0, 0.1) is 17.7 Å². The third kappa shape index (κ3) is 4.13. The standard InChI is InChI=1S/C25H21FN2O2/c26-18-13-12-17(24(27)15-18)7-5-6-14-28-25(29)30-16-23-21-10-3-1-8-19(21)20-9-2-4-11-22(20)23/h1-4,8-13,15,23H,6,14,16,27H2,(H,28,29). The Morgan fingerprint density at radius 1 is 1.03 bits per heavy atom. The molecule has 5 heteroatoms. The normalized spacial score (nSPS) is 11.8. The lowest BCUT2D eigenvalue weighted by Crippen LogP contribution is -2.26. The highest BCUT2D eigenvalue weighted by Gasteiger charge is 2.28. The van der Waals surface area contributed by atoms with Crippen LogP contribution in [0.25, 0.3) is 11.1 Å². The van der Waals surface area contributed by atoms with Gasteiger partial charge in [0.1, 0.15) is 12.4 Å². The van der Waals surface area contributed by atoms with Crippen LogP contribution in [0.15, 0.2) is 66.7 Å². The van der Waals surface area contributed by atoms with E-state index in [0.29, 0.717) is 24.2 Å². The van der Waals surface area contributed by atoms with Gasteiger partial charge in [0.15, 0.2) is 0 Å². The fourth-order valence-electron chi connectivity index (χ4n) is 3.68. The maximum Gasteiger partial charge on any atom is 0.407 e. The SMILES string of the molecule is Nc1cc(F)ccc1C#CCCNC(=O)OCC1c2ccccc2-c2ccccc21. The van der Waals surface area contributed by atoms with Gasteiger partial charge in [0.2, 0.25) is 0 Å². The van der Waals surface area contributed by atoms with Gasteiger partial charge in [0.25, 0.3) is 0 Å². The van der Waals surface area contributed by atoms with Gasteiger partial charge in [-0.15, -0.1) is 0 Å². The molecule has 0 radical (unpaired) electrons. The Hall–Kier alpha value is -3.78. The molecule has 0 saturated carbocycles. The molecule has 3 aromatic rings. The fraction of sp³-hybridized carbons (Fsp3) is 0.160. The lowest BCUT2D eigenvalue weighted by atomic mass is 9.98. The molecular formula is C25H21FN2O2. The number of benzene rings is 3. The molecule has 30 heavy (non-hydrogen) atoms. The number of fused-ring (bicyclic) bond motifs is 3.